The van der Waals surface area contributed by atoms with Crippen molar-refractivity contribution in [2.24, 2.45) is 0 Å². The highest BCUT2D eigenvalue weighted by Gasteiger charge is 2.27. The molecule has 0 N–H and O–H groups in total. The first kappa shape index (κ1) is 21.2. The molecule has 4 aromatic rings. The van der Waals surface area contributed by atoms with Crippen LogP contribution in [-0.4, -0.2) is 38.3 Å². The van der Waals surface area contributed by atoms with Gasteiger partial charge in [0.05, 0.1) is 7.11 Å². The van der Waals surface area contributed by atoms with Crippen LogP contribution in [0.1, 0.15) is 28.9 Å². The number of ether oxygens (including phenoxy) is 2. The molecule has 2 aromatic heterocycles. The number of esters is 1. The molecular formula is C23H23N5O4. The van der Waals surface area contributed by atoms with Gasteiger partial charge in [0.25, 0.3) is 0 Å². The zero-order valence-electron chi connectivity index (χ0n) is 18.1. The summed E-state index contributed by atoms with van der Waals surface area (Å²) in [4.78, 5) is 17.6. The van der Waals surface area contributed by atoms with Crippen LogP contribution in [0.2, 0.25) is 0 Å². The van der Waals surface area contributed by atoms with E-state index in [0.29, 0.717) is 35.3 Å². The standard InChI is InChI=1S/C23H23N5O4/c1-15-20(24-22(32-15)18-9-5-4-6-10-18)14-31-23(29)21(28-16(2)25-26-27-28)13-17-8-7-11-19(12-17)30-3/h4-12,21H,13-14H2,1-3H3/t21-/m0/s1. The largest absolute Gasteiger partial charge is 0.497 e. The normalized spacial score (nSPS) is 11.8. The van der Waals surface area contributed by atoms with Crippen molar-refractivity contribution < 1.29 is 18.7 Å². The molecule has 0 aliphatic heterocycles. The number of nitrogens with zero attached hydrogens (tertiary/aromatic N) is 5. The van der Waals surface area contributed by atoms with Crippen LogP contribution in [0.25, 0.3) is 11.5 Å². The van der Waals surface area contributed by atoms with Crippen molar-refractivity contribution in [3.8, 4) is 17.2 Å². The van der Waals surface area contributed by atoms with Gasteiger partial charge in [0.15, 0.2) is 6.04 Å². The second-order valence-corrected chi connectivity index (χ2v) is 7.24. The molecule has 9 nitrogen and oxygen atoms in total. The van der Waals surface area contributed by atoms with Crippen LogP contribution in [0.5, 0.6) is 5.75 Å². The van der Waals surface area contributed by atoms with Gasteiger partial charge < -0.3 is 13.9 Å². The number of benzene rings is 2. The van der Waals surface area contributed by atoms with Gasteiger partial charge in [0.2, 0.25) is 5.89 Å². The van der Waals surface area contributed by atoms with Crippen molar-refractivity contribution in [2.75, 3.05) is 7.11 Å². The quantitative estimate of drug-likeness (QED) is 0.389. The highest BCUT2D eigenvalue weighted by molar-refractivity contribution is 5.74. The molecular weight excluding hydrogens is 410 g/mol. The van der Waals surface area contributed by atoms with E-state index in [4.69, 9.17) is 13.9 Å². The Morgan fingerprint density at radius 2 is 1.94 bits per heavy atom. The van der Waals surface area contributed by atoms with E-state index in [-0.39, 0.29) is 6.61 Å². The number of oxazole rings is 1. The molecule has 0 aliphatic rings. The minimum Gasteiger partial charge on any atom is -0.497 e. The van der Waals surface area contributed by atoms with E-state index < -0.39 is 12.0 Å². The number of carbonyl (C=O) groups excluding carboxylic acids is 1. The molecule has 2 aromatic carbocycles. The molecule has 0 unspecified atom stereocenters. The van der Waals surface area contributed by atoms with Gasteiger partial charge in [0.1, 0.15) is 29.6 Å². The van der Waals surface area contributed by atoms with Gasteiger partial charge in [0, 0.05) is 12.0 Å². The number of carbonyl (C=O) groups is 1. The lowest BCUT2D eigenvalue weighted by atomic mass is 10.1. The third-order valence-corrected chi connectivity index (χ3v) is 5.05. The van der Waals surface area contributed by atoms with Gasteiger partial charge in [-0.3, -0.25) is 0 Å². The number of hydrogen-bond acceptors (Lipinski definition) is 8. The Morgan fingerprint density at radius 1 is 1.12 bits per heavy atom. The van der Waals surface area contributed by atoms with Crippen LogP contribution in [-0.2, 0) is 22.6 Å². The molecule has 0 fully saturated rings. The smallest absolute Gasteiger partial charge is 0.331 e. The van der Waals surface area contributed by atoms with E-state index in [9.17, 15) is 4.79 Å². The maximum atomic E-state index is 13.1. The first-order valence-electron chi connectivity index (χ1n) is 10.1. The van der Waals surface area contributed by atoms with Crippen molar-refractivity contribution in [1.82, 2.24) is 25.2 Å². The number of methoxy groups -OCH3 is 1. The summed E-state index contributed by atoms with van der Waals surface area (Å²) in [7, 11) is 1.60. The molecule has 0 saturated heterocycles. The van der Waals surface area contributed by atoms with Crippen LogP contribution < -0.4 is 4.74 Å². The number of aryl methyl sites for hydroxylation is 2. The van der Waals surface area contributed by atoms with Crippen LogP contribution in [0.15, 0.2) is 59.0 Å². The molecule has 1 atom stereocenters. The Hall–Kier alpha value is -4.01. The van der Waals surface area contributed by atoms with E-state index in [1.54, 1.807) is 21.0 Å². The second kappa shape index (κ2) is 9.42. The fourth-order valence-corrected chi connectivity index (χ4v) is 3.32. The van der Waals surface area contributed by atoms with E-state index in [0.717, 1.165) is 11.1 Å². The molecule has 164 valence electrons. The lowest BCUT2D eigenvalue weighted by molar-refractivity contribution is -0.149. The minimum atomic E-state index is -0.738. The maximum absolute atomic E-state index is 13.1. The van der Waals surface area contributed by atoms with Gasteiger partial charge >= 0.3 is 5.97 Å². The van der Waals surface area contributed by atoms with E-state index >= 15 is 0 Å². The summed E-state index contributed by atoms with van der Waals surface area (Å²) in [5.74, 6) is 1.83. The van der Waals surface area contributed by atoms with Crippen molar-refractivity contribution in [1.29, 1.82) is 0 Å². The zero-order valence-corrected chi connectivity index (χ0v) is 18.1. The van der Waals surface area contributed by atoms with Crippen LogP contribution in [0.3, 0.4) is 0 Å². The first-order chi connectivity index (χ1) is 15.5. The van der Waals surface area contributed by atoms with E-state index in [2.05, 4.69) is 20.5 Å². The fraction of sp³-hybridized carbons (Fsp3) is 0.261. The highest BCUT2D eigenvalue weighted by atomic mass is 16.5. The zero-order chi connectivity index (χ0) is 22.5. The van der Waals surface area contributed by atoms with Crippen LogP contribution in [0.4, 0.5) is 0 Å². The summed E-state index contributed by atoms with van der Waals surface area (Å²) < 4.78 is 18.1. The van der Waals surface area contributed by atoms with Crippen LogP contribution in [0, 0.1) is 13.8 Å². The predicted octanol–water partition coefficient (Wildman–Crippen LogP) is 3.48. The van der Waals surface area contributed by atoms with Crippen molar-refractivity contribution in [2.45, 2.75) is 32.9 Å². The molecule has 4 rings (SSSR count). The van der Waals surface area contributed by atoms with E-state index in [1.165, 1.54) is 4.68 Å². The lowest BCUT2D eigenvalue weighted by Gasteiger charge is -2.17. The molecule has 0 spiro atoms. The summed E-state index contributed by atoms with van der Waals surface area (Å²) in [6.07, 6.45) is 0.342. The molecule has 32 heavy (non-hydrogen) atoms. The van der Waals surface area contributed by atoms with Gasteiger partial charge in [-0.05, 0) is 54.1 Å². The number of hydrogen-bond donors (Lipinski definition) is 0. The molecule has 0 saturated carbocycles. The maximum Gasteiger partial charge on any atom is 0.331 e. The van der Waals surface area contributed by atoms with Gasteiger partial charge in [-0.15, -0.1) is 5.10 Å². The first-order valence-corrected chi connectivity index (χ1v) is 10.1. The topological polar surface area (TPSA) is 105 Å². The molecule has 0 amide bonds. The lowest BCUT2D eigenvalue weighted by Crippen LogP contribution is -2.26. The van der Waals surface area contributed by atoms with Crippen molar-refractivity contribution >= 4 is 5.97 Å². The van der Waals surface area contributed by atoms with Crippen molar-refractivity contribution in [3.05, 3.63) is 77.4 Å². The Balaban J connectivity index is 1.52. The molecule has 2 heterocycles. The Labute approximate surface area is 185 Å². The van der Waals surface area contributed by atoms with E-state index in [1.807, 2.05) is 54.6 Å². The molecule has 0 aliphatic carbocycles. The summed E-state index contributed by atoms with van der Waals surface area (Å²) in [6.45, 7) is 3.51. The molecule has 0 radical (unpaired) electrons. The second-order valence-electron chi connectivity index (χ2n) is 7.24. The van der Waals surface area contributed by atoms with Crippen molar-refractivity contribution in [3.63, 3.8) is 0 Å². The average molecular weight is 433 g/mol. The summed E-state index contributed by atoms with van der Waals surface area (Å²) in [5.41, 5.74) is 2.31. The third-order valence-electron chi connectivity index (χ3n) is 5.05. The van der Waals surface area contributed by atoms with Gasteiger partial charge in [-0.25, -0.2) is 14.5 Å². The summed E-state index contributed by atoms with van der Waals surface area (Å²) in [5, 5.41) is 11.6. The number of rotatable bonds is 8. The molecule has 0 bridgehead atoms. The SMILES string of the molecule is COc1cccc(C[C@@H](C(=O)OCc2nc(-c3ccccc3)oc2C)n2nnnc2C)c1. The number of aromatic nitrogens is 5. The minimum absolute atomic E-state index is 0.0171. The Kier molecular flexibility index (Phi) is 6.25. The summed E-state index contributed by atoms with van der Waals surface area (Å²) >= 11 is 0. The third kappa shape index (κ3) is 4.66. The monoisotopic (exact) mass is 433 g/mol. The predicted molar refractivity (Wildman–Crippen MR) is 115 cm³/mol. The number of tetrazole rings is 1. The Morgan fingerprint density at radius 3 is 2.66 bits per heavy atom. The Bertz CT molecular complexity index is 1200. The molecule has 9 heteroatoms. The average Bonchev–Trinajstić information content (AvgIpc) is 3.41. The fourth-order valence-electron chi connectivity index (χ4n) is 3.32. The highest BCUT2D eigenvalue weighted by Crippen LogP contribution is 2.24. The summed E-state index contributed by atoms with van der Waals surface area (Å²) in [6, 6.07) is 16.3. The van der Waals surface area contributed by atoms with Gasteiger partial charge in [-0.1, -0.05) is 30.3 Å². The van der Waals surface area contributed by atoms with Crippen LogP contribution >= 0.6 is 0 Å². The van der Waals surface area contributed by atoms with Gasteiger partial charge in [-0.2, -0.15) is 0 Å².